The Labute approximate surface area is 76.9 Å². The van der Waals surface area contributed by atoms with Gasteiger partial charge in [-0.25, -0.2) is 0 Å². The summed E-state index contributed by atoms with van der Waals surface area (Å²) in [5, 5.41) is 0. The van der Waals surface area contributed by atoms with Crippen LogP contribution in [0.3, 0.4) is 0 Å². The van der Waals surface area contributed by atoms with Crippen LogP contribution in [0.15, 0.2) is 4.42 Å². The van der Waals surface area contributed by atoms with Gasteiger partial charge in [0.2, 0.25) is 5.88 Å². The molecular weight excluding hydrogens is 166 g/mol. The van der Waals surface area contributed by atoms with Crippen LogP contribution in [0.1, 0.15) is 41.4 Å². The molecule has 13 heavy (non-hydrogen) atoms. The van der Waals surface area contributed by atoms with E-state index in [2.05, 4.69) is 0 Å². The molecule has 1 heterocycles. The molecule has 70 valence electrons. The summed E-state index contributed by atoms with van der Waals surface area (Å²) >= 11 is 0. The standard InChI is InChI=1S/C10H13NO2/c1-6(12)9-7-4-2-3-5-8(7)13-10(9)11/h2-5,11H2,1H3. The largest absolute Gasteiger partial charge is 0.445 e. The fraction of sp³-hybridized carbons (Fsp3) is 0.500. The van der Waals surface area contributed by atoms with E-state index in [1.165, 1.54) is 6.92 Å². The molecule has 2 N–H and O–H groups in total. The molecular formula is C10H13NO2. The summed E-state index contributed by atoms with van der Waals surface area (Å²) in [5.41, 5.74) is 7.31. The van der Waals surface area contributed by atoms with Gasteiger partial charge in [0, 0.05) is 12.0 Å². The van der Waals surface area contributed by atoms with Gasteiger partial charge in [0.05, 0.1) is 5.56 Å². The van der Waals surface area contributed by atoms with Gasteiger partial charge in [-0.15, -0.1) is 0 Å². The number of carbonyl (C=O) groups is 1. The van der Waals surface area contributed by atoms with Crippen LogP contribution in [-0.2, 0) is 12.8 Å². The number of aryl methyl sites for hydroxylation is 1. The maximum atomic E-state index is 11.3. The van der Waals surface area contributed by atoms with Gasteiger partial charge in [-0.3, -0.25) is 4.79 Å². The van der Waals surface area contributed by atoms with Crippen LogP contribution >= 0.6 is 0 Å². The fourth-order valence-electron chi connectivity index (χ4n) is 1.97. The van der Waals surface area contributed by atoms with Gasteiger partial charge in [-0.1, -0.05) is 0 Å². The number of anilines is 1. The zero-order valence-corrected chi connectivity index (χ0v) is 7.72. The molecule has 0 atom stereocenters. The van der Waals surface area contributed by atoms with Crippen molar-refractivity contribution in [1.29, 1.82) is 0 Å². The summed E-state index contributed by atoms with van der Waals surface area (Å²) in [7, 11) is 0. The molecule has 0 saturated heterocycles. The third kappa shape index (κ3) is 1.24. The second-order valence-corrected chi connectivity index (χ2v) is 3.51. The normalized spacial score (nSPS) is 15.5. The molecule has 1 aromatic heterocycles. The van der Waals surface area contributed by atoms with Crippen molar-refractivity contribution < 1.29 is 9.21 Å². The molecule has 3 heteroatoms. The van der Waals surface area contributed by atoms with Crippen LogP contribution in [0.5, 0.6) is 0 Å². The van der Waals surface area contributed by atoms with Crippen molar-refractivity contribution in [2.45, 2.75) is 32.6 Å². The molecule has 1 aromatic rings. The highest BCUT2D eigenvalue weighted by Gasteiger charge is 2.23. The van der Waals surface area contributed by atoms with E-state index in [4.69, 9.17) is 10.2 Å². The number of Topliss-reactive ketones (excluding diaryl/α,β-unsaturated/α-hetero) is 1. The molecule has 0 aromatic carbocycles. The lowest BCUT2D eigenvalue weighted by Crippen LogP contribution is -2.04. The quantitative estimate of drug-likeness (QED) is 0.670. The summed E-state index contributed by atoms with van der Waals surface area (Å²) in [4.78, 5) is 11.3. The Bertz CT molecular complexity index is 352. The second kappa shape index (κ2) is 2.91. The number of hydrogen-bond acceptors (Lipinski definition) is 3. The second-order valence-electron chi connectivity index (χ2n) is 3.51. The van der Waals surface area contributed by atoms with E-state index < -0.39 is 0 Å². The summed E-state index contributed by atoms with van der Waals surface area (Å²) in [5.74, 6) is 1.25. The highest BCUT2D eigenvalue weighted by Crippen LogP contribution is 2.31. The molecule has 0 saturated carbocycles. The molecule has 0 fully saturated rings. The predicted octanol–water partition coefficient (Wildman–Crippen LogP) is 1.94. The Balaban J connectivity index is 2.54. The van der Waals surface area contributed by atoms with Crippen LogP contribution in [0.4, 0.5) is 5.88 Å². The Morgan fingerprint density at radius 1 is 1.38 bits per heavy atom. The van der Waals surface area contributed by atoms with Gasteiger partial charge in [0.25, 0.3) is 0 Å². The number of ketones is 1. The highest BCUT2D eigenvalue weighted by molar-refractivity contribution is 5.99. The Morgan fingerprint density at radius 2 is 2.08 bits per heavy atom. The topological polar surface area (TPSA) is 56.2 Å². The van der Waals surface area contributed by atoms with Crippen molar-refractivity contribution in [1.82, 2.24) is 0 Å². The van der Waals surface area contributed by atoms with E-state index in [1.54, 1.807) is 0 Å². The van der Waals surface area contributed by atoms with Crippen LogP contribution in [0.25, 0.3) is 0 Å². The smallest absolute Gasteiger partial charge is 0.201 e. The van der Waals surface area contributed by atoms with E-state index >= 15 is 0 Å². The SMILES string of the molecule is CC(=O)c1c(N)oc2c1CCCC2. The zero-order valence-electron chi connectivity index (χ0n) is 7.72. The van der Waals surface area contributed by atoms with Gasteiger partial charge in [-0.2, -0.15) is 0 Å². The van der Waals surface area contributed by atoms with E-state index in [0.29, 0.717) is 11.4 Å². The first-order chi connectivity index (χ1) is 6.20. The third-order valence-corrected chi connectivity index (χ3v) is 2.55. The summed E-state index contributed by atoms with van der Waals surface area (Å²) in [6.45, 7) is 1.54. The molecule has 1 aliphatic rings. The minimum atomic E-state index is 0.0180. The molecule has 0 amide bonds. The predicted molar refractivity (Wildman–Crippen MR) is 49.8 cm³/mol. The Morgan fingerprint density at radius 3 is 2.77 bits per heavy atom. The van der Waals surface area contributed by atoms with E-state index in [0.717, 1.165) is 37.0 Å². The number of furan rings is 1. The van der Waals surface area contributed by atoms with Gasteiger partial charge in [-0.05, 0) is 26.2 Å². The molecule has 3 nitrogen and oxygen atoms in total. The molecule has 2 rings (SSSR count). The lowest BCUT2D eigenvalue weighted by molar-refractivity contribution is 0.101. The fourth-order valence-corrected chi connectivity index (χ4v) is 1.97. The lowest BCUT2D eigenvalue weighted by Gasteiger charge is -2.09. The van der Waals surface area contributed by atoms with Crippen molar-refractivity contribution in [3.63, 3.8) is 0 Å². The number of carbonyl (C=O) groups excluding carboxylic acids is 1. The molecule has 0 unspecified atom stereocenters. The van der Waals surface area contributed by atoms with Crippen LogP contribution in [-0.4, -0.2) is 5.78 Å². The molecule has 0 aliphatic heterocycles. The average Bonchev–Trinajstić information content (AvgIpc) is 2.39. The summed E-state index contributed by atoms with van der Waals surface area (Å²) in [6, 6.07) is 0. The Hall–Kier alpha value is -1.25. The first-order valence-corrected chi connectivity index (χ1v) is 4.61. The van der Waals surface area contributed by atoms with Crippen LogP contribution in [0, 0.1) is 0 Å². The number of rotatable bonds is 1. The van der Waals surface area contributed by atoms with Crippen molar-refractivity contribution in [3.05, 3.63) is 16.9 Å². The first-order valence-electron chi connectivity index (χ1n) is 4.61. The first kappa shape index (κ1) is 8.35. The minimum Gasteiger partial charge on any atom is -0.445 e. The maximum absolute atomic E-state index is 11.3. The van der Waals surface area contributed by atoms with Gasteiger partial charge < -0.3 is 10.2 Å². The Kier molecular flexibility index (Phi) is 1.87. The minimum absolute atomic E-state index is 0.0180. The van der Waals surface area contributed by atoms with Crippen molar-refractivity contribution >= 4 is 11.7 Å². The molecule has 1 aliphatic carbocycles. The zero-order chi connectivity index (χ0) is 9.42. The summed E-state index contributed by atoms with van der Waals surface area (Å²) in [6.07, 6.45) is 4.13. The highest BCUT2D eigenvalue weighted by atomic mass is 16.4. The van der Waals surface area contributed by atoms with Gasteiger partial charge in [0.1, 0.15) is 5.76 Å². The van der Waals surface area contributed by atoms with Crippen LogP contribution < -0.4 is 5.73 Å². The third-order valence-electron chi connectivity index (χ3n) is 2.55. The summed E-state index contributed by atoms with van der Waals surface area (Å²) < 4.78 is 5.36. The van der Waals surface area contributed by atoms with Crippen molar-refractivity contribution in [3.8, 4) is 0 Å². The number of nitrogen functional groups attached to an aromatic ring is 1. The van der Waals surface area contributed by atoms with Crippen molar-refractivity contribution in [2.24, 2.45) is 0 Å². The number of fused-ring (bicyclic) bond motifs is 1. The molecule has 0 bridgehead atoms. The average molecular weight is 179 g/mol. The molecule has 0 spiro atoms. The van der Waals surface area contributed by atoms with Crippen LogP contribution in [0.2, 0.25) is 0 Å². The molecule has 0 radical (unpaired) electrons. The lowest BCUT2D eigenvalue weighted by atomic mass is 9.94. The monoisotopic (exact) mass is 179 g/mol. The van der Waals surface area contributed by atoms with E-state index in [1.807, 2.05) is 0 Å². The van der Waals surface area contributed by atoms with Gasteiger partial charge >= 0.3 is 0 Å². The van der Waals surface area contributed by atoms with Gasteiger partial charge in [0.15, 0.2) is 5.78 Å². The maximum Gasteiger partial charge on any atom is 0.201 e. The number of hydrogen-bond donors (Lipinski definition) is 1. The van der Waals surface area contributed by atoms with E-state index in [-0.39, 0.29) is 5.78 Å². The van der Waals surface area contributed by atoms with Crippen molar-refractivity contribution in [2.75, 3.05) is 5.73 Å². The van der Waals surface area contributed by atoms with E-state index in [9.17, 15) is 4.79 Å². The number of nitrogens with two attached hydrogens (primary N) is 1.